The number of aryl methyl sites for hydroxylation is 1. The molecule has 0 bridgehead atoms. The maximum absolute atomic E-state index is 12.9. The number of piperidine rings is 1. The van der Waals surface area contributed by atoms with Crippen LogP contribution in [0.4, 0.5) is 32.2 Å². The lowest BCUT2D eigenvalue weighted by Gasteiger charge is -2.33. The van der Waals surface area contributed by atoms with E-state index in [1.807, 2.05) is 0 Å². The maximum atomic E-state index is 12.9. The van der Waals surface area contributed by atoms with Crippen LogP contribution in [0, 0.1) is 22.7 Å². The molecule has 3 rings (SSSR count). The number of carbonyl (C=O) groups excluding carboxylic acids is 1. The van der Waals surface area contributed by atoms with Crippen molar-refractivity contribution in [2.75, 3.05) is 18.0 Å². The fourth-order valence-electron chi connectivity index (χ4n) is 4.03. The number of ketones is 1. The minimum atomic E-state index is -4.40. The van der Waals surface area contributed by atoms with E-state index >= 15 is 0 Å². The zero-order valence-corrected chi connectivity index (χ0v) is 17.8. The largest absolute Gasteiger partial charge is 0.391 e. The lowest BCUT2D eigenvalue weighted by atomic mass is 9.96. The number of Topliss-reactive ketones (excluding diaryl/α,β-unsaturated/α-hetero) is 1. The Morgan fingerprint density at radius 1 is 1.18 bits per heavy atom. The molecule has 1 saturated heterocycles. The predicted molar refractivity (Wildman–Crippen MR) is 105 cm³/mol. The first kappa shape index (κ1) is 25.1. The van der Waals surface area contributed by atoms with Crippen molar-refractivity contribution in [1.82, 2.24) is 9.55 Å². The third-order valence-electron chi connectivity index (χ3n) is 6.18. The van der Waals surface area contributed by atoms with Gasteiger partial charge in [0.05, 0.1) is 23.9 Å². The molecule has 1 aliphatic carbocycles. The van der Waals surface area contributed by atoms with Crippen molar-refractivity contribution in [3.8, 4) is 6.07 Å². The highest BCUT2D eigenvalue weighted by Gasteiger charge is 2.45. The fraction of sp³-hybridized carbons (Fsp3) is 0.714. The quantitative estimate of drug-likeness (QED) is 0.524. The summed E-state index contributed by atoms with van der Waals surface area (Å²) in [6, 6.07) is 3.18. The topological polar surface area (TPSA) is 79.0 Å². The third-order valence-corrected chi connectivity index (χ3v) is 6.18. The van der Waals surface area contributed by atoms with Crippen LogP contribution in [0.1, 0.15) is 50.8 Å². The second kappa shape index (κ2) is 9.35. The maximum Gasteiger partial charge on any atom is 0.391 e. The molecule has 1 aliphatic heterocycles. The highest BCUT2D eigenvalue weighted by molar-refractivity contribution is 5.80. The molecule has 0 unspecified atom stereocenters. The lowest BCUT2D eigenvalue weighted by molar-refractivity contribution is -0.179. The standard InChI is InChI=1S/C21H24F6N4O2/c22-20(23,24)5-1-2-16-29-17(30-8-3-14(4-9-30)21(25,26)27)10-18(33)31(16)12-15(32)11-19(13-28)6-7-19/h10,14H,1-9,11-12H2. The van der Waals surface area contributed by atoms with Gasteiger partial charge in [-0.2, -0.15) is 31.6 Å². The molecule has 2 aliphatic rings. The Morgan fingerprint density at radius 2 is 1.82 bits per heavy atom. The van der Waals surface area contributed by atoms with Gasteiger partial charge in [-0.25, -0.2) is 4.98 Å². The summed E-state index contributed by atoms with van der Waals surface area (Å²) in [5.41, 5.74) is -1.39. The summed E-state index contributed by atoms with van der Waals surface area (Å²) in [5, 5.41) is 9.16. The molecule has 2 heterocycles. The van der Waals surface area contributed by atoms with Gasteiger partial charge in [0.2, 0.25) is 0 Å². The van der Waals surface area contributed by atoms with Gasteiger partial charge in [-0.15, -0.1) is 0 Å². The van der Waals surface area contributed by atoms with Crippen molar-refractivity contribution >= 4 is 11.6 Å². The Bertz CT molecular complexity index is 967. The molecule has 1 aromatic heterocycles. The fourth-order valence-corrected chi connectivity index (χ4v) is 4.03. The van der Waals surface area contributed by atoms with Crippen molar-refractivity contribution in [1.29, 1.82) is 5.26 Å². The van der Waals surface area contributed by atoms with Gasteiger partial charge < -0.3 is 4.90 Å². The van der Waals surface area contributed by atoms with E-state index < -0.39 is 48.0 Å². The number of hydrogen-bond acceptors (Lipinski definition) is 5. The SMILES string of the molecule is N#CC1(CC(=O)Cn2c(CCCC(F)(F)F)nc(N3CCC(C(F)(F)F)CC3)cc2=O)CC1. The molecule has 1 aromatic rings. The summed E-state index contributed by atoms with van der Waals surface area (Å²) in [4.78, 5) is 31.0. The molecule has 33 heavy (non-hydrogen) atoms. The number of aromatic nitrogens is 2. The Hall–Kier alpha value is -2.58. The van der Waals surface area contributed by atoms with Gasteiger partial charge in [0.25, 0.3) is 5.56 Å². The van der Waals surface area contributed by atoms with E-state index in [0.717, 1.165) is 10.6 Å². The monoisotopic (exact) mass is 478 g/mol. The van der Waals surface area contributed by atoms with E-state index in [0.29, 0.717) is 12.8 Å². The first-order valence-electron chi connectivity index (χ1n) is 10.7. The van der Waals surface area contributed by atoms with Crippen molar-refractivity contribution in [3.63, 3.8) is 0 Å². The molecule has 1 saturated carbocycles. The van der Waals surface area contributed by atoms with E-state index in [1.165, 1.54) is 4.90 Å². The Labute approximate surface area is 186 Å². The van der Waals surface area contributed by atoms with Crippen molar-refractivity contribution in [2.45, 2.75) is 70.3 Å². The van der Waals surface area contributed by atoms with E-state index in [4.69, 9.17) is 5.26 Å². The van der Waals surface area contributed by atoms with Gasteiger partial charge in [0, 0.05) is 38.4 Å². The Kier molecular flexibility index (Phi) is 7.10. The van der Waals surface area contributed by atoms with Crippen LogP contribution < -0.4 is 10.5 Å². The number of halogens is 6. The first-order chi connectivity index (χ1) is 15.3. The summed E-state index contributed by atoms with van der Waals surface area (Å²) in [7, 11) is 0. The summed E-state index contributed by atoms with van der Waals surface area (Å²) in [5.74, 6) is -1.77. The normalized spacial score (nSPS) is 18.8. The van der Waals surface area contributed by atoms with Gasteiger partial charge in [-0.1, -0.05) is 0 Å². The zero-order valence-electron chi connectivity index (χ0n) is 17.8. The summed E-state index contributed by atoms with van der Waals surface area (Å²) >= 11 is 0. The molecular formula is C21H24F6N4O2. The molecule has 0 radical (unpaired) electrons. The second-order valence-electron chi connectivity index (χ2n) is 8.83. The number of anilines is 1. The minimum absolute atomic E-state index is 0.00619. The van der Waals surface area contributed by atoms with Crippen LogP contribution in [0.25, 0.3) is 0 Å². The molecule has 6 nitrogen and oxygen atoms in total. The average Bonchev–Trinajstić information content (AvgIpc) is 3.48. The molecule has 12 heteroatoms. The lowest BCUT2D eigenvalue weighted by Crippen LogP contribution is -2.40. The van der Waals surface area contributed by atoms with Gasteiger partial charge in [0.1, 0.15) is 11.6 Å². The summed E-state index contributed by atoms with van der Waals surface area (Å²) in [6.45, 7) is -0.397. The van der Waals surface area contributed by atoms with E-state index in [9.17, 15) is 35.9 Å². The number of nitrogens with zero attached hydrogens (tertiary/aromatic N) is 4. The van der Waals surface area contributed by atoms with Crippen LogP contribution in [0.15, 0.2) is 10.9 Å². The third kappa shape index (κ3) is 6.71. The number of nitriles is 1. The van der Waals surface area contributed by atoms with E-state index in [1.54, 1.807) is 0 Å². The van der Waals surface area contributed by atoms with Crippen molar-refractivity contribution < 1.29 is 31.1 Å². The number of hydrogen-bond donors (Lipinski definition) is 0. The molecule has 2 fully saturated rings. The molecule has 0 aromatic carbocycles. The van der Waals surface area contributed by atoms with E-state index in [2.05, 4.69) is 11.1 Å². The van der Waals surface area contributed by atoms with E-state index in [-0.39, 0.29) is 56.8 Å². The predicted octanol–water partition coefficient (Wildman–Crippen LogP) is 4.17. The van der Waals surface area contributed by atoms with Crippen LogP contribution in [0.5, 0.6) is 0 Å². The highest BCUT2D eigenvalue weighted by atomic mass is 19.4. The zero-order chi connectivity index (χ0) is 24.4. The Morgan fingerprint density at radius 3 is 2.33 bits per heavy atom. The van der Waals surface area contributed by atoms with Crippen molar-refractivity contribution in [2.24, 2.45) is 11.3 Å². The summed E-state index contributed by atoms with van der Waals surface area (Å²) in [6.07, 6.45) is -9.64. The van der Waals surface area contributed by atoms with Crippen LogP contribution in [0.3, 0.4) is 0 Å². The minimum Gasteiger partial charge on any atom is -0.356 e. The van der Waals surface area contributed by atoms with Gasteiger partial charge in [-0.05, 0) is 32.1 Å². The molecule has 0 atom stereocenters. The number of rotatable bonds is 8. The Balaban J connectivity index is 1.79. The van der Waals surface area contributed by atoms with Gasteiger partial charge >= 0.3 is 12.4 Å². The van der Waals surface area contributed by atoms with Crippen LogP contribution >= 0.6 is 0 Å². The molecule has 0 spiro atoms. The van der Waals surface area contributed by atoms with Crippen LogP contribution in [-0.2, 0) is 17.8 Å². The van der Waals surface area contributed by atoms with Crippen LogP contribution in [-0.4, -0.2) is 40.8 Å². The van der Waals surface area contributed by atoms with Gasteiger partial charge in [-0.3, -0.25) is 14.2 Å². The first-order valence-corrected chi connectivity index (χ1v) is 10.7. The molecule has 182 valence electrons. The number of alkyl halides is 6. The second-order valence-corrected chi connectivity index (χ2v) is 8.83. The molecule has 0 amide bonds. The average molecular weight is 478 g/mol. The number of carbonyl (C=O) groups is 1. The van der Waals surface area contributed by atoms with Gasteiger partial charge in [0.15, 0.2) is 5.78 Å². The summed E-state index contributed by atoms with van der Waals surface area (Å²) < 4.78 is 77.6. The smallest absolute Gasteiger partial charge is 0.356 e. The van der Waals surface area contributed by atoms with Crippen molar-refractivity contribution in [3.05, 3.63) is 22.2 Å². The molecule has 0 N–H and O–H groups in total. The van der Waals surface area contributed by atoms with Crippen LogP contribution in [0.2, 0.25) is 0 Å². The highest BCUT2D eigenvalue weighted by Crippen LogP contribution is 2.48. The molecular weight excluding hydrogens is 454 g/mol.